The van der Waals surface area contributed by atoms with Gasteiger partial charge in [-0.05, 0) is 12.5 Å². The lowest BCUT2D eigenvalue weighted by atomic mass is 10.1. The number of hydrogen-bond donors (Lipinski definition) is 0. The summed E-state index contributed by atoms with van der Waals surface area (Å²) in [7, 11) is 1.88. The van der Waals surface area contributed by atoms with Gasteiger partial charge in [0.05, 0.1) is 12.2 Å². The van der Waals surface area contributed by atoms with Gasteiger partial charge in [0.1, 0.15) is 5.82 Å². The average molecular weight is 339 g/mol. The fourth-order valence-electron chi connectivity index (χ4n) is 3.20. The molecule has 6 heteroatoms. The van der Waals surface area contributed by atoms with Crippen molar-refractivity contribution < 1.29 is 4.79 Å². The molecule has 0 spiro atoms. The summed E-state index contributed by atoms with van der Waals surface area (Å²) in [5, 5.41) is 0. The molecule has 1 amide bonds. The Balaban J connectivity index is 1.53. The fourth-order valence-corrected chi connectivity index (χ4v) is 3.20. The van der Waals surface area contributed by atoms with E-state index in [0.29, 0.717) is 6.54 Å². The van der Waals surface area contributed by atoms with E-state index in [9.17, 15) is 4.79 Å². The molecule has 0 radical (unpaired) electrons. The maximum atomic E-state index is 12.7. The lowest BCUT2D eigenvalue weighted by Gasteiger charge is -2.38. The zero-order chi connectivity index (χ0) is 17.6. The van der Waals surface area contributed by atoms with Crippen molar-refractivity contribution in [3.05, 3.63) is 54.5 Å². The number of amides is 1. The highest BCUT2D eigenvalue weighted by molar-refractivity contribution is 5.81. The Morgan fingerprint density at radius 2 is 1.88 bits per heavy atom. The van der Waals surface area contributed by atoms with Crippen molar-refractivity contribution in [2.75, 3.05) is 38.1 Å². The van der Waals surface area contributed by atoms with Crippen LogP contribution in [-0.2, 0) is 11.3 Å². The van der Waals surface area contributed by atoms with Crippen molar-refractivity contribution in [1.29, 1.82) is 0 Å². The first kappa shape index (κ1) is 17.4. The normalized spacial score (nSPS) is 16.5. The van der Waals surface area contributed by atoms with E-state index in [0.717, 1.165) is 37.6 Å². The van der Waals surface area contributed by atoms with Crippen LogP contribution in [0.5, 0.6) is 0 Å². The van der Waals surface area contributed by atoms with Gasteiger partial charge in [0, 0.05) is 52.2 Å². The molecule has 6 nitrogen and oxygen atoms in total. The molecule has 1 aromatic heterocycles. The van der Waals surface area contributed by atoms with Crippen molar-refractivity contribution in [2.45, 2.75) is 19.5 Å². The Kier molecular flexibility index (Phi) is 5.60. The lowest BCUT2D eigenvalue weighted by Crippen LogP contribution is -2.54. The van der Waals surface area contributed by atoms with E-state index in [1.54, 1.807) is 18.6 Å². The van der Waals surface area contributed by atoms with Crippen LogP contribution in [0.2, 0.25) is 0 Å². The van der Waals surface area contributed by atoms with Gasteiger partial charge in [0.25, 0.3) is 0 Å². The molecule has 0 aliphatic carbocycles. The molecule has 0 bridgehead atoms. The predicted molar refractivity (Wildman–Crippen MR) is 98.2 cm³/mol. The van der Waals surface area contributed by atoms with Gasteiger partial charge in [-0.2, -0.15) is 0 Å². The van der Waals surface area contributed by atoms with E-state index in [4.69, 9.17) is 0 Å². The summed E-state index contributed by atoms with van der Waals surface area (Å²) in [5.41, 5.74) is 1.15. The van der Waals surface area contributed by atoms with Crippen LogP contribution in [0.1, 0.15) is 12.5 Å². The second-order valence-corrected chi connectivity index (χ2v) is 6.44. The molecule has 132 valence electrons. The number of benzene rings is 1. The van der Waals surface area contributed by atoms with Crippen LogP contribution in [0.4, 0.5) is 5.82 Å². The number of carbonyl (C=O) groups is 1. The van der Waals surface area contributed by atoms with Crippen LogP contribution >= 0.6 is 0 Å². The molecule has 2 heterocycles. The van der Waals surface area contributed by atoms with Crippen molar-refractivity contribution in [2.24, 2.45) is 0 Å². The molecular weight excluding hydrogens is 314 g/mol. The monoisotopic (exact) mass is 339 g/mol. The number of rotatable bonds is 5. The third kappa shape index (κ3) is 4.33. The van der Waals surface area contributed by atoms with Crippen LogP contribution in [0.15, 0.2) is 48.9 Å². The standard InChI is InChI=1S/C19H25N5O/c1-16(19(25)22(2)15-17-6-4-3-5-7-17)23-10-12-24(13-11-23)18-14-20-8-9-21-18/h3-9,14,16H,10-13,15H2,1-2H3/t16-/m0/s1. The smallest absolute Gasteiger partial charge is 0.239 e. The number of hydrogen-bond acceptors (Lipinski definition) is 5. The van der Waals surface area contributed by atoms with Crippen LogP contribution in [0, 0.1) is 0 Å². The highest BCUT2D eigenvalue weighted by Crippen LogP contribution is 2.14. The van der Waals surface area contributed by atoms with Gasteiger partial charge in [-0.15, -0.1) is 0 Å². The van der Waals surface area contributed by atoms with Crippen molar-refractivity contribution in [3.8, 4) is 0 Å². The van der Waals surface area contributed by atoms with E-state index in [1.165, 1.54) is 0 Å². The quantitative estimate of drug-likeness (QED) is 0.829. The van der Waals surface area contributed by atoms with Gasteiger partial charge >= 0.3 is 0 Å². The largest absolute Gasteiger partial charge is 0.353 e. The molecule has 1 aliphatic heterocycles. The minimum Gasteiger partial charge on any atom is -0.353 e. The van der Waals surface area contributed by atoms with E-state index >= 15 is 0 Å². The molecule has 1 aromatic carbocycles. The van der Waals surface area contributed by atoms with Crippen molar-refractivity contribution >= 4 is 11.7 Å². The zero-order valence-corrected chi connectivity index (χ0v) is 14.9. The minimum atomic E-state index is -0.113. The predicted octanol–water partition coefficient (Wildman–Crippen LogP) is 1.65. The van der Waals surface area contributed by atoms with E-state index in [2.05, 4.69) is 19.8 Å². The Morgan fingerprint density at radius 1 is 1.16 bits per heavy atom. The zero-order valence-electron chi connectivity index (χ0n) is 14.9. The molecule has 1 fully saturated rings. The topological polar surface area (TPSA) is 52.6 Å². The number of carbonyl (C=O) groups excluding carboxylic acids is 1. The SMILES string of the molecule is C[C@@H](C(=O)N(C)Cc1ccccc1)N1CCN(c2cnccn2)CC1. The molecule has 3 rings (SSSR count). The molecule has 1 aliphatic rings. The summed E-state index contributed by atoms with van der Waals surface area (Å²) in [4.78, 5) is 27.5. The highest BCUT2D eigenvalue weighted by atomic mass is 16.2. The molecule has 0 saturated carbocycles. The minimum absolute atomic E-state index is 0.113. The van der Waals surface area contributed by atoms with Gasteiger partial charge < -0.3 is 9.80 Å². The van der Waals surface area contributed by atoms with E-state index in [1.807, 2.05) is 49.2 Å². The number of nitrogens with zero attached hydrogens (tertiary/aromatic N) is 5. The van der Waals surface area contributed by atoms with Gasteiger partial charge in [-0.25, -0.2) is 4.98 Å². The third-order valence-electron chi connectivity index (χ3n) is 4.73. The van der Waals surface area contributed by atoms with Gasteiger partial charge in [0.2, 0.25) is 5.91 Å². The third-order valence-corrected chi connectivity index (χ3v) is 4.73. The Bertz CT molecular complexity index is 671. The number of likely N-dealkylation sites (N-methyl/N-ethyl adjacent to an activating group) is 1. The summed E-state index contributed by atoms with van der Waals surface area (Å²) in [6.45, 7) is 6.06. The van der Waals surface area contributed by atoms with Crippen LogP contribution in [0.3, 0.4) is 0 Å². The van der Waals surface area contributed by atoms with Crippen LogP contribution in [-0.4, -0.2) is 64.9 Å². The second-order valence-electron chi connectivity index (χ2n) is 6.44. The first-order valence-corrected chi connectivity index (χ1v) is 8.69. The van der Waals surface area contributed by atoms with Crippen LogP contribution < -0.4 is 4.90 Å². The first-order valence-electron chi connectivity index (χ1n) is 8.69. The number of aromatic nitrogens is 2. The summed E-state index contributed by atoms with van der Waals surface area (Å²) in [6.07, 6.45) is 5.19. The van der Waals surface area contributed by atoms with E-state index in [-0.39, 0.29) is 11.9 Å². The fraction of sp³-hybridized carbons (Fsp3) is 0.421. The maximum absolute atomic E-state index is 12.7. The second kappa shape index (κ2) is 8.07. The molecule has 0 unspecified atom stereocenters. The number of anilines is 1. The molecule has 25 heavy (non-hydrogen) atoms. The summed E-state index contributed by atoms with van der Waals surface area (Å²) >= 11 is 0. The molecule has 1 atom stereocenters. The summed E-state index contributed by atoms with van der Waals surface area (Å²) < 4.78 is 0. The van der Waals surface area contributed by atoms with Crippen LogP contribution in [0.25, 0.3) is 0 Å². The lowest BCUT2D eigenvalue weighted by molar-refractivity contribution is -0.135. The van der Waals surface area contributed by atoms with Crippen molar-refractivity contribution in [1.82, 2.24) is 19.8 Å². The van der Waals surface area contributed by atoms with Gasteiger partial charge in [-0.1, -0.05) is 30.3 Å². The van der Waals surface area contributed by atoms with E-state index < -0.39 is 0 Å². The van der Waals surface area contributed by atoms with Crippen molar-refractivity contribution in [3.63, 3.8) is 0 Å². The summed E-state index contributed by atoms with van der Waals surface area (Å²) in [5.74, 6) is 1.07. The summed E-state index contributed by atoms with van der Waals surface area (Å²) in [6, 6.07) is 9.98. The maximum Gasteiger partial charge on any atom is 0.239 e. The Morgan fingerprint density at radius 3 is 2.52 bits per heavy atom. The first-order chi connectivity index (χ1) is 12.1. The average Bonchev–Trinajstić information content (AvgIpc) is 2.68. The number of piperazine rings is 1. The molecular formula is C19H25N5O. The molecule has 1 saturated heterocycles. The highest BCUT2D eigenvalue weighted by Gasteiger charge is 2.27. The Hall–Kier alpha value is -2.47. The Labute approximate surface area is 149 Å². The van der Waals surface area contributed by atoms with Gasteiger partial charge in [-0.3, -0.25) is 14.7 Å². The molecule has 2 aromatic rings. The van der Waals surface area contributed by atoms with Gasteiger partial charge in [0.15, 0.2) is 0 Å². The molecule has 0 N–H and O–H groups in total.